The SMILES string of the molecule is O=C(O)C1=CC=CC(I)(CO)C1. The van der Waals surface area contributed by atoms with Crippen LogP contribution in [0.3, 0.4) is 0 Å². The van der Waals surface area contributed by atoms with Crippen LogP contribution in [0, 0.1) is 0 Å². The van der Waals surface area contributed by atoms with Crippen LogP contribution in [-0.4, -0.2) is 26.2 Å². The molecule has 1 aliphatic carbocycles. The van der Waals surface area contributed by atoms with Crippen molar-refractivity contribution in [2.45, 2.75) is 9.84 Å². The Morgan fingerprint density at radius 1 is 1.75 bits per heavy atom. The maximum absolute atomic E-state index is 10.6. The molecule has 0 fully saturated rings. The average Bonchev–Trinajstić information content (AvgIpc) is 2.05. The molecule has 66 valence electrons. The first-order chi connectivity index (χ1) is 5.57. The number of carbonyl (C=O) groups is 1. The summed E-state index contributed by atoms with van der Waals surface area (Å²) in [5.41, 5.74) is 0.348. The van der Waals surface area contributed by atoms with Crippen LogP contribution in [0.2, 0.25) is 0 Å². The highest BCUT2D eigenvalue weighted by Gasteiger charge is 2.28. The summed E-state index contributed by atoms with van der Waals surface area (Å²) >= 11 is 2.06. The summed E-state index contributed by atoms with van der Waals surface area (Å²) in [5, 5.41) is 17.6. The van der Waals surface area contributed by atoms with Gasteiger partial charge < -0.3 is 10.2 Å². The van der Waals surface area contributed by atoms with Crippen LogP contribution in [0.5, 0.6) is 0 Å². The fourth-order valence-corrected chi connectivity index (χ4v) is 1.65. The molecule has 0 saturated heterocycles. The van der Waals surface area contributed by atoms with Crippen molar-refractivity contribution in [2.75, 3.05) is 6.61 Å². The number of hydrogen-bond acceptors (Lipinski definition) is 2. The molecule has 0 amide bonds. The molecule has 0 aromatic rings. The van der Waals surface area contributed by atoms with E-state index in [0.717, 1.165) is 0 Å². The van der Waals surface area contributed by atoms with Crippen molar-refractivity contribution in [3.8, 4) is 0 Å². The fourth-order valence-electron chi connectivity index (χ4n) is 1.03. The maximum atomic E-state index is 10.6. The van der Waals surface area contributed by atoms with E-state index in [-0.39, 0.29) is 6.61 Å². The molecule has 0 aromatic carbocycles. The predicted molar refractivity (Wildman–Crippen MR) is 53.3 cm³/mol. The van der Waals surface area contributed by atoms with Crippen LogP contribution in [0.1, 0.15) is 6.42 Å². The van der Waals surface area contributed by atoms with E-state index < -0.39 is 9.39 Å². The van der Waals surface area contributed by atoms with Gasteiger partial charge in [0.25, 0.3) is 0 Å². The first-order valence-corrected chi connectivity index (χ1v) is 4.57. The number of hydrogen-bond donors (Lipinski definition) is 2. The lowest BCUT2D eigenvalue weighted by Gasteiger charge is -2.23. The van der Waals surface area contributed by atoms with Crippen molar-refractivity contribution in [2.24, 2.45) is 0 Å². The van der Waals surface area contributed by atoms with Gasteiger partial charge in [-0.2, -0.15) is 0 Å². The third-order valence-corrected chi connectivity index (χ3v) is 2.80. The highest BCUT2D eigenvalue weighted by atomic mass is 127. The van der Waals surface area contributed by atoms with Gasteiger partial charge in [-0.1, -0.05) is 40.8 Å². The summed E-state index contributed by atoms with van der Waals surface area (Å²) in [7, 11) is 0. The average molecular weight is 280 g/mol. The summed E-state index contributed by atoms with van der Waals surface area (Å²) in [6, 6.07) is 0. The number of halogens is 1. The summed E-state index contributed by atoms with van der Waals surface area (Å²) < 4.78 is -0.430. The van der Waals surface area contributed by atoms with Gasteiger partial charge in [-0.25, -0.2) is 4.79 Å². The Balaban J connectivity index is 2.80. The Bertz CT molecular complexity index is 257. The van der Waals surface area contributed by atoms with Crippen LogP contribution in [-0.2, 0) is 4.79 Å². The Hall–Kier alpha value is -0.360. The van der Waals surface area contributed by atoms with E-state index >= 15 is 0 Å². The number of aliphatic hydroxyl groups is 1. The number of aliphatic carboxylic acids is 1. The van der Waals surface area contributed by atoms with E-state index in [1.165, 1.54) is 0 Å². The van der Waals surface area contributed by atoms with Crippen LogP contribution >= 0.6 is 22.6 Å². The molecule has 1 rings (SSSR count). The lowest BCUT2D eigenvalue weighted by atomic mass is 9.95. The van der Waals surface area contributed by atoms with Gasteiger partial charge in [0.2, 0.25) is 0 Å². The summed E-state index contributed by atoms with van der Waals surface area (Å²) in [6.07, 6.45) is 5.44. The monoisotopic (exact) mass is 280 g/mol. The van der Waals surface area contributed by atoms with Gasteiger partial charge in [-0.05, 0) is 6.42 Å². The van der Waals surface area contributed by atoms with Gasteiger partial charge in [0, 0.05) is 5.57 Å². The van der Waals surface area contributed by atoms with Gasteiger partial charge >= 0.3 is 5.97 Å². The zero-order valence-corrected chi connectivity index (χ0v) is 8.48. The molecule has 1 atom stereocenters. The largest absolute Gasteiger partial charge is 0.478 e. The third kappa shape index (κ3) is 2.07. The Labute approximate surface area is 83.9 Å². The molecule has 0 radical (unpaired) electrons. The Kier molecular flexibility index (Phi) is 2.89. The van der Waals surface area contributed by atoms with Gasteiger partial charge in [-0.15, -0.1) is 0 Å². The van der Waals surface area contributed by atoms with E-state index in [1.54, 1.807) is 12.2 Å². The lowest BCUT2D eigenvalue weighted by molar-refractivity contribution is -0.132. The molecule has 0 bridgehead atoms. The molecule has 0 aliphatic heterocycles. The van der Waals surface area contributed by atoms with Crippen LogP contribution < -0.4 is 0 Å². The first-order valence-electron chi connectivity index (χ1n) is 3.49. The zero-order chi connectivity index (χ0) is 9.19. The molecule has 1 aliphatic rings. The zero-order valence-electron chi connectivity index (χ0n) is 6.33. The van der Waals surface area contributed by atoms with Crippen LogP contribution in [0.15, 0.2) is 23.8 Å². The fraction of sp³-hybridized carbons (Fsp3) is 0.375. The highest BCUT2D eigenvalue weighted by Crippen LogP contribution is 2.31. The predicted octanol–water partition coefficient (Wildman–Crippen LogP) is 1.12. The molecule has 0 aromatic heterocycles. The second-order valence-electron chi connectivity index (χ2n) is 2.73. The van der Waals surface area contributed by atoms with Gasteiger partial charge in [0.1, 0.15) is 0 Å². The molecular formula is C8H9IO3. The van der Waals surface area contributed by atoms with Gasteiger partial charge in [0.05, 0.1) is 10.0 Å². The smallest absolute Gasteiger partial charge is 0.331 e. The van der Waals surface area contributed by atoms with E-state index in [4.69, 9.17) is 10.2 Å². The first kappa shape index (κ1) is 9.73. The molecule has 0 spiro atoms. The van der Waals surface area contributed by atoms with E-state index in [2.05, 4.69) is 22.6 Å². The molecule has 1 unspecified atom stereocenters. The second-order valence-corrected chi connectivity index (χ2v) is 4.87. The van der Waals surface area contributed by atoms with Crippen molar-refractivity contribution >= 4 is 28.6 Å². The number of aliphatic hydroxyl groups excluding tert-OH is 1. The minimum absolute atomic E-state index is 0.0331. The van der Waals surface area contributed by atoms with Crippen molar-refractivity contribution in [3.05, 3.63) is 23.8 Å². The van der Waals surface area contributed by atoms with Gasteiger partial charge in [0.15, 0.2) is 0 Å². The number of carboxylic acid groups (broad SMARTS) is 1. The topological polar surface area (TPSA) is 57.5 Å². The van der Waals surface area contributed by atoms with Crippen molar-refractivity contribution < 1.29 is 15.0 Å². The van der Waals surface area contributed by atoms with E-state index in [1.807, 2.05) is 6.08 Å². The molecule has 4 heteroatoms. The Morgan fingerprint density at radius 2 is 2.42 bits per heavy atom. The van der Waals surface area contributed by atoms with Crippen molar-refractivity contribution in [1.82, 2.24) is 0 Å². The molecule has 2 N–H and O–H groups in total. The number of allylic oxidation sites excluding steroid dienone is 2. The van der Waals surface area contributed by atoms with Crippen molar-refractivity contribution in [3.63, 3.8) is 0 Å². The summed E-state index contributed by atoms with van der Waals surface area (Å²) in [6.45, 7) is -0.0331. The van der Waals surface area contributed by atoms with E-state index in [0.29, 0.717) is 12.0 Å². The minimum Gasteiger partial charge on any atom is -0.478 e. The van der Waals surface area contributed by atoms with Crippen molar-refractivity contribution in [1.29, 1.82) is 0 Å². The summed E-state index contributed by atoms with van der Waals surface area (Å²) in [5.74, 6) is -0.908. The molecule has 0 saturated carbocycles. The van der Waals surface area contributed by atoms with E-state index in [9.17, 15) is 4.79 Å². The standard InChI is InChI=1S/C8H9IO3/c9-8(5-10)3-1-2-6(4-8)7(11)12/h1-3,10H,4-5H2,(H,11,12). The summed E-state index contributed by atoms with van der Waals surface area (Å²) in [4.78, 5) is 10.6. The Morgan fingerprint density at radius 3 is 2.92 bits per heavy atom. The van der Waals surface area contributed by atoms with Crippen LogP contribution in [0.25, 0.3) is 0 Å². The minimum atomic E-state index is -0.908. The molecule has 0 heterocycles. The molecule has 3 nitrogen and oxygen atoms in total. The quantitative estimate of drug-likeness (QED) is 0.588. The van der Waals surface area contributed by atoms with Gasteiger partial charge in [-0.3, -0.25) is 0 Å². The molecular weight excluding hydrogens is 271 g/mol. The number of rotatable bonds is 2. The highest BCUT2D eigenvalue weighted by molar-refractivity contribution is 14.1. The lowest BCUT2D eigenvalue weighted by Crippen LogP contribution is -2.26. The number of carboxylic acids is 1. The molecule has 12 heavy (non-hydrogen) atoms. The van der Waals surface area contributed by atoms with Crippen LogP contribution in [0.4, 0.5) is 0 Å². The second kappa shape index (κ2) is 3.57. The number of alkyl halides is 1. The third-order valence-electron chi connectivity index (χ3n) is 1.71. The normalized spacial score (nSPS) is 28.3. The maximum Gasteiger partial charge on any atom is 0.331 e.